The van der Waals surface area contributed by atoms with Crippen LogP contribution in [0.2, 0.25) is 5.02 Å². The van der Waals surface area contributed by atoms with Crippen LogP contribution in [-0.2, 0) is 0 Å². The second-order valence-corrected chi connectivity index (χ2v) is 6.53. The summed E-state index contributed by atoms with van der Waals surface area (Å²) in [5.74, 6) is 0.853. The minimum absolute atomic E-state index is 0.00443. The molecule has 3 nitrogen and oxygen atoms in total. The molecule has 126 valence electrons. The first-order chi connectivity index (χ1) is 12.2. The molecule has 1 aliphatic heterocycles. The summed E-state index contributed by atoms with van der Waals surface area (Å²) in [6.45, 7) is 0. The molecule has 2 atom stereocenters. The average Bonchev–Trinajstić information content (AvgIpc) is 2.68. The standard InChI is InChI=1S/C21H19ClN2O/c1-25-17-10-7-15(8-11-17)21-23-19-12-9-16(22)13-18(19)20(24-21)14-5-3-2-4-6-14/h2-13,20-21,23-24H,1H3/t20-,21-/m0/s1. The molecule has 25 heavy (non-hydrogen) atoms. The summed E-state index contributed by atoms with van der Waals surface area (Å²) in [6.07, 6.45) is 0.00443. The molecular formula is C21H19ClN2O. The van der Waals surface area contributed by atoms with Crippen molar-refractivity contribution in [2.24, 2.45) is 0 Å². The molecule has 0 saturated heterocycles. The Morgan fingerprint density at radius 2 is 1.64 bits per heavy atom. The summed E-state index contributed by atoms with van der Waals surface area (Å²) in [7, 11) is 1.68. The van der Waals surface area contributed by atoms with E-state index in [1.807, 2.05) is 36.4 Å². The molecule has 1 heterocycles. The Labute approximate surface area is 152 Å². The number of methoxy groups -OCH3 is 1. The Bertz CT molecular complexity index is 865. The predicted molar refractivity (Wildman–Crippen MR) is 102 cm³/mol. The van der Waals surface area contributed by atoms with E-state index in [9.17, 15) is 0 Å². The first kappa shape index (κ1) is 16.0. The van der Waals surface area contributed by atoms with Gasteiger partial charge in [0.05, 0.1) is 13.2 Å². The lowest BCUT2D eigenvalue weighted by molar-refractivity contribution is 0.414. The van der Waals surface area contributed by atoms with Crippen LogP contribution in [0.15, 0.2) is 72.8 Å². The molecule has 0 fully saturated rings. The number of nitrogens with one attached hydrogen (secondary N) is 2. The van der Waals surface area contributed by atoms with Crippen LogP contribution in [0.1, 0.15) is 28.9 Å². The number of fused-ring (bicyclic) bond motifs is 1. The van der Waals surface area contributed by atoms with E-state index in [0.717, 1.165) is 27.6 Å². The molecule has 0 spiro atoms. The minimum atomic E-state index is 0.00443. The second kappa shape index (κ2) is 6.79. The van der Waals surface area contributed by atoms with Gasteiger partial charge in [-0.15, -0.1) is 0 Å². The number of halogens is 1. The first-order valence-corrected chi connectivity index (χ1v) is 8.63. The molecule has 1 aliphatic rings. The van der Waals surface area contributed by atoms with Crippen LogP contribution in [0.5, 0.6) is 5.75 Å². The SMILES string of the molecule is COc1ccc([C@H]2Nc3ccc(Cl)cc3[C@H](c3ccccc3)N2)cc1. The van der Waals surface area contributed by atoms with Crippen molar-refractivity contribution in [3.63, 3.8) is 0 Å². The van der Waals surface area contributed by atoms with Crippen LogP contribution < -0.4 is 15.4 Å². The van der Waals surface area contributed by atoms with Crippen molar-refractivity contribution in [1.82, 2.24) is 5.32 Å². The lowest BCUT2D eigenvalue weighted by Gasteiger charge is -2.35. The van der Waals surface area contributed by atoms with E-state index in [1.54, 1.807) is 7.11 Å². The van der Waals surface area contributed by atoms with Gasteiger partial charge in [0.25, 0.3) is 0 Å². The quantitative estimate of drug-likeness (QED) is 0.685. The van der Waals surface area contributed by atoms with E-state index in [-0.39, 0.29) is 12.2 Å². The van der Waals surface area contributed by atoms with Crippen LogP contribution in [0, 0.1) is 0 Å². The van der Waals surface area contributed by atoms with Gasteiger partial charge in [-0.2, -0.15) is 0 Å². The molecule has 0 bridgehead atoms. The second-order valence-electron chi connectivity index (χ2n) is 6.09. The van der Waals surface area contributed by atoms with Gasteiger partial charge in [0, 0.05) is 10.7 Å². The minimum Gasteiger partial charge on any atom is -0.497 e. The van der Waals surface area contributed by atoms with Crippen LogP contribution in [-0.4, -0.2) is 7.11 Å². The Balaban J connectivity index is 1.74. The molecule has 0 unspecified atom stereocenters. The van der Waals surface area contributed by atoms with E-state index < -0.39 is 0 Å². The topological polar surface area (TPSA) is 33.3 Å². The van der Waals surface area contributed by atoms with Gasteiger partial charge in [-0.05, 0) is 47.0 Å². The molecule has 4 rings (SSSR count). The number of anilines is 1. The van der Waals surface area contributed by atoms with Gasteiger partial charge >= 0.3 is 0 Å². The van der Waals surface area contributed by atoms with Gasteiger partial charge in [0.2, 0.25) is 0 Å². The highest BCUT2D eigenvalue weighted by molar-refractivity contribution is 6.30. The third-order valence-electron chi connectivity index (χ3n) is 4.54. The highest BCUT2D eigenvalue weighted by atomic mass is 35.5. The summed E-state index contributed by atoms with van der Waals surface area (Å²) >= 11 is 6.25. The van der Waals surface area contributed by atoms with E-state index >= 15 is 0 Å². The highest BCUT2D eigenvalue weighted by Gasteiger charge is 2.27. The first-order valence-electron chi connectivity index (χ1n) is 8.25. The van der Waals surface area contributed by atoms with Crippen molar-refractivity contribution in [3.8, 4) is 5.75 Å². The number of hydrogen-bond acceptors (Lipinski definition) is 3. The Morgan fingerprint density at radius 1 is 0.880 bits per heavy atom. The van der Waals surface area contributed by atoms with Gasteiger partial charge in [-0.3, -0.25) is 5.32 Å². The van der Waals surface area contributed by atoms with Crippen LogP contribution in [0.4, 0.5) is 5.69 Å². The largest absolute Gasteiger partial charge is 0.497 e. The number of rotatable bonds is 3. The predicted octanol–water partition coefficient (Wildman–Crippen LogP) is 5.15. The fourth-order valence-electron chi connectivity index (χ4n) is 3.25. The Morgan fingerprint density at radius 3 is 2.36 bits per heavy atom. The maximum Gasteiger partial charge on any atom is 0.118 e. The van der Waals surface area contributed by atoms with Gasteiger partial charge in [0.15, 0.2) is 0 Å². The molecule has 3 aromatic carbocycles. The summed E-state index contributed by atoms with van der Waals surface area (Å²) in [5, 5.41) is 8.01. The fourth-order valence-corrected chi connectivity index (χ4v) is 3.44. The summed E-state index contributed by atoms with van der Waals surface area (Å²) in [4.78, 5) is 0. The monoisotopic (exact) mass is 350 g/mol. The number of ether oxygens (including phenoxy) is 1. The number of benzene rings is 3. The third kappa shape index (κ3) is 3.21. The Kier molecular flexibility index (Phi) is 4.35. The van der Waals surface area contributed by atoms with Gasteiger partial charge < -0.3 is 10.1 Å². The van der Waals surface area contributed by atoms with Gasteiger partial charge in [-0.25, -0.2) is 0 Å². The molecular weight excluding hydrogens is 332 g/mol. The normalized spacial score (nSPS) is 19.0. The molecule has 0 aromatic heterocycles. The van der Waals surface area contributed by atoms with E-state index in [0.29, 0.717) is 0 Å². The average molecular weight is 351 g/mol. The van der Waals surface area contributed by atoms with E-state index in [2.05, 4.69) is 47.0 Å². The lowest BCUT2D eigenvalue weighted by Crippen LogP contribution is -2.37. The van der Waals surface area contributed by atoms with Crippen molar-refractivity contribution in [2.75, 3.05) is 12.4 Å². The summed E-state index contributed by atoms with van der Waals surface area (Å²) in [5.41, 5.74) is 4.62. The molecule has 3 aromatic rings. The zero-order valence-electron chi connectivity index (χ0n) is 13.9. The van der Waals surface area contributed by atoms with Crippen molar-refractivity contribution >= 4 is 17.3 Å². The van der Waals surface area contributed by atoms with E-state index in [4.69, 9.17) is 16.3 Å². The Hall–Kier alpha value is -2.49. The molecule has 2 N–H and O–H groups in total. The maximum atomic E-state index is 6.25. The van der Waals surface area contributed by atoms with Gasteiger partial charge in [0.1, 0.15) is 11.9 Å². The molecule has 0 saturated carbocycles. The summed E-state index contributed by atoms with van der Waals surface area (Å²) < 4.78 is 5.26. The smallest absolute Gasteiger partial charge is 0.118 e. The molecule has 0 amide bonds. The fraction of sp³-hybridized carbons (Fsp3) is 0.143. The summed E-state index contributed by atoms with van der Waals surface area (Å²) in [6, 6.07) is 24.6. The number of hydrogen-bond donors (Lipinski definition) is 2. The molecule has 0 aliphatic carbocycles. The van der Waals surface area contributed by atoms with Crippen LogP contribution >= 0.6 is 11.6 Å². The zero-order chi connectivity index (χ0) is 17.2. The van der Waals surface area contributed by atoms with Crippen LogP contribution in [0.25, 0.3) is 0 Å². The zero-order valence-corrected chi connectivity index (χ0v) is 14.6. The third-order valence-corrected chi connectivity index (χ3v) is 4.77. The van der Waals surface area contributed by atoms with E-state index in [1.165, 1.54) is 5.56 Å². The van der Waals surface area contributed by atoms with Gasteiger partial charge in [-0.1, -0.05) is 54.1 Å². The van der Waals surface area contributed by atoms with Crippen molar-refractivity contribution in [2.45, 2.75) is 12.2 Å². The highest BCUT2D eigenvalue weighted by Crippen LogP contribution is 2.38. The molecule has 4 heteroatoms. The van der Waals surface area contributed by atoms with Crippen molar-refractivity contribution in [1.29, 1.82) is 0 Å². The maximum absolute atomic E-state index is 6.25. The van der Waals surface area contributed by atoms with Crippen molar-refractivity contribution in [3.05, 3.63) is 94.5 Å². The van der Waals surface area contributed by atoms with Crippen LogP contribution in [0.3, 0.4) is 0 Å². The van der Waals surface area contributed by atoms with Crippen molar-refractivity contribution < 1.29 is 4.74 Å². The lowest BCUT2D eigenvalue weighted by atomic mass is 9.93. The molecule has 0 radical (unpaired) electrons.